The molecule has 0 saturated carbocycles. The molecular formula is C24H25FN2O2S. The maximum Gasteiger partial charge on any atom is 0.245 e. The van der Waals surface area contributed by atoms with Gasteiger partial charge in [0.25, 0.3) is 0 Å². The predicted octanol–water partition coefficient (Wildman–Crippen LogP) is 4.77. The third kappa shape index (κ3) is 3.98. The standard InChI is InChI=1S/C24H25FN2O2S/c1-26(30(28,29)24-14-7-4-11-21(24)25)17-8-18-27-22-12-5-2-9-19(22)15-16-20-10-3-6-13-23(20)27/h2-7,9-14H,8,15-18H2,1H3. The molecule has 0 unspecified atom stereocenters. The Morgan fingerprint density at radius 2 is 1.40 bits per heavy atom. The molecule has 0 spiro atoms. The van der Waals surface area contributed by atoms with Crippen LogP contribution in [0.1, 0.15) is 17.5 Å². The van der Waals surface area contributed by atoms with Gasteiger partial charge in [-0.25, -0.2) is 17.1 Å². The van der Waals surface area contributed by atoms with E-state index in [1.54, 1.807) is 0 Å². The van der Waals surface area contributed by atoms with Crippen molar-refractivity contribution in [2.45, 2.75) is 24.2 Å². The van der Waals surface area contributed by atoms with E-state index in [-0.39, 0.29) is 4.90 Å². The predicted molar refractivity (Wildman–Crippen MR) is 118 cm³/mol. The first-order valence-corrected chi connectivity index (χ1v) is 11.6. The monoisotopic (exact) mass is 424 g/mol. The van der Waals surface area contributed by atoms with Gasteiger partial charge in [-0.2, -0.15) is 0 Å². The van der Waals surface area contributed by atoms with Crippen LogP contribution in [0.25, 0.3) is 0 Å². The minimum atomic E-state index is -3.86. The average molecular weight is 425 g/mol. The quantitative estimate of drug-likeness (QED) is 0.572. The van der Waals surface area contributed by atoms with Crippen molar-refractivity contribution in [1.29, 1.82) is 0 Å². The van der Waals surface area contributed by atoms with E-state index < -0.39 is 15.8 Å². The fraction of sp³-hybridized carbons (Fsp3) is 0.250. The zero-order valence-corrected chi connectivity index (χ0v) is 17.8. The maximum absolute atomic E-state index is 14.0. The molecule has 4 rings (SSSR count). The Kier molecular flexibility index (Phi) is 5.88. The fourth-order valence-corrected chi connectivity index (χ4v) is 5.27. The van der Waals surface area contributed by atoms with Gasteiger partial charge in [-0.05, 0) is 54.7 Å². The topological polar surface area (TPSA) is 40.6 Å². The van der Waals surface area contributed by atoms with Crippen LogP contribution in [0.2, 0.25) is 0 Å². The Labute approximate surface area is 177 Å². The molecule has 1 heterocycles. The third-order valence-electron chi connectivity index (χ3n) is 5.61. The molecule has 0 N–H and O–H groups in total. The zero-order valence-electron chi connectivity index (χ0n) is 17.0. The number of fused-ring (bicyclic) bond motifs is 2. The van der Waals surface area contributed by atoms with E-state index in [9.17, 15) is 12.8 Å². The molecule has 3 aromatic carbocycles. The van der Waals surface area contributed by atoms with Crippen LogP contribution in [0.15, 0.2) is 77.7 Å². The lowest BCUT2D eigenvalue weighted by molar-refractivity contribution is 0.457. The van der Waals surface area contributed by atoms with Crippen LogP contribution in [-0.2, 0) is 22.9 Å². The fourth-order valence-electron chi connectivity index (χ4n) is 4.00. The third-order valence-corrected chi connectivity index (χ3v) is 7.50. The van der Waals surface area contributed by atoms with Crippen LogP contribution in [0.3, 0.4) is 0 Å². The van der Waals surface area contributed by atoms with Crippen molar-refractivity contribution in [2.75, 3.05) is 25.0 Å². The Balaban J connectivity index is 1.53. The lowest BCUT2D eigenvalue weighted by Crippen LogP contribution is -2.31. The van der Waals surface area contributed by atoms with E-state index in [4.69, 9.17) is 0 Å². The number of anilines is 2. The molecule has 0 amide bonds. The molecular weight excluding hydrogens is 399 g/mol. The number of benzene rings is 3. The largest absolute Gasteiger partial charge is 0.341 e. The van der Waals surface area contributed by atoms with Gasteiger partial charge in [0, 0.05) is 31.5 Å². The van der Waals surface area contributed by atoms with Crippen molar-refractivity contribution in [3.05, 3.63) is 89.7 Å². The summed E-state index contributed by atoms with van der Waals surface area (Å²) in [7, 11) is -2.35. The highest BCUT2D eigenvalue weighted by Crippen LogP contribution is 2.35. The Hall–Kier alpha value is -2.70. The average Bonchev–Trinajstić information content (AvgIpc) is 2.91. The van der Waals surface area contributed by atoms with Gasteiger partial charge < -0.3 is 4.90 Å². The number of nitrogens with zero attached hydrogens (tertiary/aromatic N) is 2. The van der Waals surface area contributed by atoms with Crippen LogP contribution in [0.5, 0.6) is 0 Å². The summed E-state index contributed by atoms with van der Waals surface area (Å²) in [5.41, 5.74) is 4.92. The molecule has 3 aromatic rings. The van der Waals surface area contributed by atoms with Crippen LogP contribution in [-0.4, -0.2) is 32.9 Å². The van der Waals surface area contributed by atoms with Gasteiger partial charge in [-0.1, -0.05) is 48.5 Å². The molecule has 0 bridgehead atoms. The number of para-hydroxylation sites is 2. The van der Waals surface area contributed by atoms with Gasteiger partial charge in [-0.3, -0.25) is 0 Å². The van der Waals surface area contributed by atoms with Crippen molar-refractivity contribution in [2.24, 2.45) is 0 Å². The van der Waals surface area contributed by atoms with E-state index in [0.29, 0.717) is 19.5 Å². The second kappa shape index (κ2) is 8.58. The highest BCUT2D eigenvalue weighted by molar-refractivity contribution is 7.89. The number of halogens is 1. The summed E-state index contributed by atoms with van der Waals surface area (Å²) in [5.74, 6) is -0.722. The zero-order chi connectivity index (χ0) is 21.1. The number of hydrogen-bond acceptors (Lipinski definition) is 3. The van der Waals surface area contributed by atoms with Crippen LogP contribution >= 0.6 is 0 Å². The summed E-state index contributed by atoms with van der Waals surface area (Å²) >= 11 is 0. The van der Waals surface area contributed by atoms with Crippen molar-refractivity contribution in [3.8, 4) is 0 Å². The van der Waals surface area contributed by atoms with Gasteiger partial charge in [0.2, 0.25) is 10.0 Å². The van der Waals surface area contributed by atoms with Crippen LogP contribution < -0.4 is 4.90 Å². The van der Waals surface area contributed by atoms with Crippen LogP contribution in [0, 0.1) is 5.82 Å². The second-order valence-corrected chi connectivity index (χ2v) is 9.53. The summed E-state index contributed by atoms with van der Waals surface area (Å²) in [5, 5.41) is 0. The molecule has 0 atom stereocenters. The summed E-state index contributed by atoms with van der Waals surface area (Å²) < 4.78 is 40.8. The smallest absolute Gasteiger partial charge is 0.245 e. The highest BCUT2D eigenvalue weighted by Gasteiger charge is 2.25. The van der Waals surface area contributed by atoms with Crippen LogP contribution in [0.4, 0.5) is 15.8 Å². The van der Waals surface area contributed by atoms with E-state index in [1.165, 1.54) is 58.1 Å². The van der Waals surface area contributed by atoms with Crippen molar-refractivity contribution in [1.82, 2.24) is 4.31 Å². The van der Waals surface area contributed by atoms with Crippen molar-refractivity contribution in [3.63, 3.8) is 0 Å². The normalized spacial score (nSPS) is 13.6. The number of aryl methyl sites for hydroxylation is 2. The Morgan fingerprint density at radius 3 is 2.00 bits per heavy atom. The molecule has 1 aliphatic heterocycles. The summed E-state index contributed by atoms with van der Waals surface area (Å²) in [4.78, 5) is 2.00. The minimum absolute atomic E-state index is 0.280. The molecule has 30 heavy (non-hydrogen) atoms. The van der Waals surface area contributed by atoms with Gasteiger partial charge in [0.05, 0.1) is 0 Å². The van der Waals surface area contributed by atoms with E-state index in [2.05, 4.69) is 41.3 Å². The molecule has 0 aromatic heterocycles. The molecule has 1 aliphatic rings. The first-order valence-electron chi connectivity index (χ1n) is 10.1. The molecule has 0 radical (unpaired) electrons. The summed E-state index contributed by atoms with van der Waals surface area (Å²) in [6, 6.07) is 22.2. The molecule has 4 nitrogen and oxygen atoms in total. The van der Waals surface area contributed by atoms with Gasteiger partial charge in [0.1, 0.15) is 10.7 Å². The first-order chi connectivity index (χ1) is 14.5. The lowest BCUT2D eigenvalue weighted by atomic mass is 10.0. The SMILES string of the molecule is CN(CCCN1c2ccccc2CCc2ccccc21)S(=O)(=O)c1ccccc1F. The van der Waals surface area contributed by atoms with Gasteiger partial charge >= 0.3 is 0 Å². The van der Waals surface area contributed by atoms with Crippen molar-refractivity contribution >= 4 is 21.4 Å². The molecule has 0 fully saturated rings. The summed E-state index contributed by atoms with van der Waals surface area (Å²) in [6.07, 6.45) is 2.57. The Bertz CT molecular complexity index is 1100. The maximum atomic E-state index is 14.0. The minimum Gasteiger partial charge on any atom is -0.341 e. The number of sulfonamides is 1. The molecule has 6 heteroatoms. The van der Waals surface area contributed by atoms with E-state index in [1.807, 2.05) is 12.1 Å². The molecule has 0 saturated heterocycles. The Morgan fingerprint density at radius 1 is 0.867 bits per heavy atom. The first kappa shape index (κ1) is 20.6. The lowest BCUT2D eigenvalue weighted by Gasteiger charge is -2.28. The van der Waals surface area contributed by atoms with Gasteiger partial charge in [-0.15, -0.1) is 0 Å². The van der Waals surface area contributed by atoms with E-state index >= 15 is 0 Å². The number of hydrogen-bond donors (Lipinski definition) is 0. The highest BCUT2D eigenvalue weighted by atomic mass is 32.2. The number of rotatable bonds is 6. The second-order valence-electron chi connectivity index (χ2n) is 7.52. The van der Waals surface area contributed by atoms with E-state index in [0.717, 1.165) is 12.8 Å². The molecule has 156 valence electrons. The molecule has 0 aliphatic carbocycles. The van der Waals surface area contributed by atoms with Crippen molar-refractivity contribution < 1.29 is 12.8 Å². The summed E-state index contributed by atoms with van der Waals surface area (Å²) in [6.45, 7) is 0.975. The van der Waals surface area contributed by atoms with Gasteiger partial charge in [0.15, 0.2) is 0 Å².